The van der Waals surface area contributed by atoms with Crippen LogP contribution in [0.5, 0.6) is 0 Å². The zero-order chi connectivity index (χ0) is 27.9. The van der Waals surface area contributed by atoms with Crippen molar-refractivity contribution >= 4 is 20.7 Å². The van der Waals surface area contributed by atoms with Crippen molar-refractivity contribution in [1.82, 2.24) is 10.3 Å². The Kier molecular flexibility index (Phi) is 20.9. The number of hydrogen-bond acceptors (Lipinski definition) is 9. The molecule has 224 valence electrons. The zero-order valence-corrected chi connectivity index (χ0v) is 26.3. The molecule has 1 rings (SSSR count). The van der Waals surface area contributed by atoms with Crippen LogP contribution in [-0.4, -0.2) is 64.9 Å². The third kappa shape index (κ3) is 14.9. The van der Waals surface area contributed by atoms with Crippen LogP contribution in [0.3, 0.4) is 0 Å². The maximum atomic E-state index is 6.51. The first-order valence-corrected chi connectivity index (χ1v) is 17.5. The monoisotopic (exact) mass is 557 g/mol. The van der Waals surface area contributed by atoms with E-state index in [1.165, 1.54) is 64.2 Å². The summed E-state index contributed by atoms with van der Waals surface area (Å²) in [6, 6.07) is 1.15. The first kappa shape index (κ1) is 35.0. The van der Waals surface area contributed by atoms with Gasteiger partial charge in [-0.3, -0.25) is 10.3 Å². The van der Waals surface area contributed by atoms with E-state index in [9.17, 15) is 0 Å². The minimum atomic E-state index is -2.71. The molecule has 0 aromatic heterocycles. The van der Waals surface area contributed by atoms with Gasteiger partial charge in [0.1, 0.15) is 5.84 Å². The van der Waals surface area contributed by atoms with E-state index >= 15 is 0 Å². The van der Waals surface area contributed by atoms with Crippen molar-refractivity contribution < 1.29 is 18.0 Å². The number of ether oxygens (including phenoxy) is 1. The van der Waals surface area contributed by atoms with Crippen molar-refractivity contribution in [2.75, 3.05) is 33.0 Å². The molecule has 10 heteroatoms. The van der Waals surface area contributed by atoms with Crippen molar-refractivity contribution in [1.29, 1.82) is 0 Å². The van der Waals surface area contributed by atoms with Crippen LogP contribution >= 0.6 is 0 Å². The molecular formula is C28H59N5O4Si. The summed E-state index contributed by atoms with van der Waals surface area (Å²) in [6.45, 7) is 13.6. The third-order valence-corrected chi connectivity index (χ3v) is 9.73. The van der Waals surface area contributed by atoms with E-state index in [0.29, 0.717) is 38.9 Å². The van der Waals surface area contributed by atoms with E-state index in [1.54, 1.807) is 5.01 Å². The minimum Gasteiger partial charge on any atom is -0.464 e. The summed E-state index contributed by atoms with van der Waals surface area (Å²) in [7, 11) is -2.71. The van der Waals surface area contributed by atoms with Gasteiger partial charge in [-0.1, -0.05) is 78.1 Å². The predicted octanol–water partition coefficient (Wildman–Crippen LogP) is 6.37. The fraction of sp³-hybridized carbons (Fsp3) is 0.929. The molecule has 1 heterocycles. The molecule has 0 spiro atoms. The van der Waals surface area contributed by atoms with Gasteiger partial charge in [-0.25, -0.2) is 5.84 Å². The Hall–Kier alpha value is -1.04. The average molecular weight is 558 g/mol. The number of unbranched alkanes of at least 4 members (excludes halogenated alkanes) is 10. The molecule has 9 nitrogen and oxygen atoms in total. The first-order chi connectivity index (χ1) is 18.6. The van der Waals surface area contributed by atoms with Crippen LogP contribution in [0.2, 0.25) is 6.04 Å². The average Bonchev–Trinajstić information content (AvgIpc) is 2.90. The summed E-state index contributed by atoms with van der Waals surface area (Å²) in [5, 5.41) is 5.15. The van der Waals surface area contributed by atoms with Gasteiger partial charge in [0, 0.05) is 32.3 Å². The third-order valence-electron chi connectivity index (χ3n) is 6.58. The second-order valence-electron chi connectivity index (χ2n) is 9.89. The van der Waals surface area contributed by atoms with Crippen LogP contribution in [-0.2, 0) is 18.0 Å². The summed E-state index contributed by atoms with van der Waals surface area (Å²) >= 11 is 0. The Balaban J connectivity index is 2.72. The number of aliphatic imine (C=N–C) groups is 2. The number of rotatable bonds is 25. The molecule has 0 saturated heterocycles. The maximum Gasteiger partial charge on any atom is 0.500 e. The molecule has 0 saturated carbocycles. The number of hydrazine groups is 1. The highest BCUT2D eigenvalue weighted by Gasteiger charge is 2.40. The van der Waals surface area contributed by atoms with Crippen molar-refractivity contribution in [3.63, 3.8) is 0 Å². The number of amidine groups is 2. The van der Waals surface area contributed by atoms with Gasteiger partial charge in [-0.05, 0) is 46.6 Å². The van der Waals surface area contributed by atoms with Crippen LogP contribution in [0.25, 0.3) is 0 Å². The maximum absolute atomic E-state index is 6.51. The van der Waals surface area contributed by atoms with E-state index in [0.717, 1.165) is 37.7 Å². The minimum absolute atomic E-state index is 0.370. The molecule has 0 bridgehead atoms. The van der Waals surface area contributed by atoms with Gasteiger partial charge in [0.25, 0.3) is 0 Å². The molecule has 1 atom stereocenters. The van der Waals surface area contributed by atoms with E-state index in [1.807, 2.05) is 20.8 Å². The predicted molar refractivity (Wildman–Crippen MR) is 160 cm³/mol. The smallest absolute Gasteiger partial charge is 0.464 e. The van der Waals surface area contributed by atoms with Gasteiger partial charge in [0.2, 0.25) is 0 Å². The van der Waals surface area contributed by atoms with E-state index < -0.39 is 8.80 Å². The van der Waals surface area contributed by atoms with Crippen LogP contribution in [0.4, 0.5) is 0 Å². The first-order valence-electron chi connectivity index (χ1n) is 15.5. The molecular weight excluding hydrogens is 498 g/mol. The highest BCUT2D eigenvalue weighted by molar-refractivity contribution is 6.60. The van der Waals surface area contributed by atoms with Gasteiger partial charge in [-0.2, -0.15) is 9.98 Å². The largest absolute Gasteiger partial charge is 0.500 e. The standard InChI is InChI=1S/C28H59N5O4Si/c1-6-11-13-15-17-19-23-30-27-32-28(34-24-20-18-16-14-12-7-2)31-26(33(27)29)22-21-25-38(35-8-3,36-9-4)37-10-5/h27,30H,6-25,29H2,1-5H3. The number of nitrogens with zero attached hydrogens (tertiary/aromatic N) is 3. The normalized spacial score (nSPS) is 16.1. The van der Waals surface area contributed by atoms with Crippen molar-refractivity contribution in [3.8, 4) is 0 Å². The molecule has 3 N–H and O–H groups in total. The molecule has 0 radical (unpaired) electrons. The number of nitrogens with one attached hydrogen (secondary N) is 1. The number of hydrogen-bond donors (Lipinski definition) is 2. The van der Waals surface area contributed by atoms with E-state index in [4.69, 9.17) is 28.8 Å². The Morgan fingerprint density at radius 3 is 1.89 bits per heavy atom. The van der Waals surface area contributed by atoms with E-state index in [2.05, 4.69) is 24.2 Å². The van der Waals surface area contributed by atoms with Crippen molar-refractivity contribution in [2.24, 2.45) is 15.8 Å². The Bertz CT molecular complexity index is 621. The highest BCUT2D eigenvalue weighted by Crippen LogP contribution is 2.21. The van der Waals surface area contributed by atoms with Gasteiger partial charge >= 0.3 is 14.8 Å². The molecule has 1 unspecified atom stereocenters. The van der Waals surface area contributed by atoms with Crippen LogP contribution < -0.4 is 11.2 Å². The SMILES string of the molecule is CCCCCCCCNC1N=C(OCCCCCCCC)N=C(CCC[Si](OCC)(OCC)OCC)N1N. The molecule has 38 heavy (non-hydrogen) atoms. The quantitative estimate of drug-likeness (QED) is 0.0764. The van der Waals surface area contributed by atoms with Gasteiger partial charge in [0.15, 0.2) is 6.29 Å². The van der Waals surface area contributed by atoms with Crippen LogP contribution in [0, 0.1) is 0 Å². The number of nitrogens with two attached hydrogens (primary N) is 1. The van der Waals surface area contributed by atoms with Gasteiger partial charge < -0.3 is 18.0 Å². The second kappa shape index (κ2) is 22.7. The lowest BCUT2D eigenvalue weighted by atomic mass is 10.1. The fourth-order valence-electron chi connectivity index (χ4n) is 4.55. The lowest BCUT2D eigenvalue weighted by molar-refractivity contribution is 0.0709. The fourth-order valence-corrected chi connectivity index (χ4v) is 7.16. The van der Waals surface area contributed by atoms with Gasteiger partial charge in [0.05, 0.1) is 6.61 Å². The highest BCUT2D eigenvalue weighted by atomic mass is 28.4. The van der Waals surface area contributed by atoms with Crippen LogP contribution in [0.1, 0.15) is 125 Å². The molecule has 1 aliphatic heterocycles. The van der Waals surface area contributed by atoms with Crippen LogP contribution in [0.15, 0.2) is 9.98 Å². The Morgan fingerprint density at radius 1 is 0.763 bits per heavy atom. The molecule has 0 aliphatic carbocycles. The lowest BCUT2D eigenvalue weighted by Gasteiger charge is -2.32. The summed E-state index contributed by atoms with van der Waals surface area (Å²) in [6.07, 6.45) is 15.9. The molecule has 0 fully saturated rings. The molecule has 1 aliphatic rings. The van der Waals surface area contributed by atoms with E-state index in [-0.39, 0.29) is 6.29 Å². The zero-order valence-electron chi connectivity index (χ0n) is 25.3. The molecule has 0 amide bonds. The topological polar surface area (TPSA) is 103 Å². The lowest BCUT2D eigenvalue weighted by Crippen LogP contribution is -2.54. The second-order valence-corrected chi connectivity index (χ2v) is 12.6. The summed E-state index contributed by atoms with van der Waals surface area (Å²) in [4.78, 5) is 9.38. The summed E-state index contributed by atoms with van der Waals surface area (Å²) < 4.78 is 24.1. The van der Waals surface area contributed by atoms with Crippen molar-refractivity contribution in [3.05, 3.63) is 0 Å². The van der Waals surface area contributed by atoms with Crippen molar-refractivity contribution in [2.45, 2.75) is 137 Å². The summed E-state index contributed by atoms with van der Waals surface area (Å²) in [5.74, 6) is 7.28. The molecule has 0 aromatic rings. The molecule has 0 aromatic carbocycles. The van der Waals surface area contributed by atoms with Gasteiger partial charge in [-0.15, -0.1) is 0 Å². The summed E-state index contributed by atoms with van der Waals surface area (Å²) in [5.41, 5.74) is 0. The Labute approximate surface area is 234 Å². The Morgan fingerprint density at radius 2 is 1.32 bits per heavy atom.